The van der Waals surface area contributed by atoms with E-state index >= 15 is 0 Å². The molecule has 0 atom stereocenters. The van der Waals surface area contributed by atoms with Crippen molar-refractivity contribution in [3.8, 4) is 5.69 Å². The molecule has 2 N–H and O–H groups in total. The minimum Gasteiger partial charge on any atom is -0.348 e. The van der Waals surface area contributed by atoms with Crippen molar-refractivity contribution in [3.63, 3.8) is 0 Å². The number of rotatable bonds is 5. The smallest absolute Gasteiger partial charge is 0.267 e. The molecule has 1 heterocycles. The SMILES string of the molecule is CC(=O)Nc1ccc(-n2cccc(C(=O)NCc3ccc(C)cc3)c2=O)cc1. The van der Waals surface area contributed by atoms with Crippen LogP contribution in [-0.2, 0) is 11.3 Å². The number of nitrogens with zero attached hydrogens (tertiary/aromatic N) is 1. The quantitative estimate of drug-likeness (QED) is 0.719. The lowest BCUT2D eigenvalue weighted by atomic mass is 10.1. The highest BCUT2D eigenvalue weighted by molar-refractivity contribution is 5.93. The Bertz CT molecular complexity index is 1050. The van der Waals surface area contributed by atoms with Crippen LogP contribution in [0, 0.1) is 6.92 Å². The van der Waals surface area contributed by atoms with Crippen LogP contribution >= 0.6 is 0 Å². The molecule has 2 aromatic carbocycles. The first-order chi connectivity index (χ1) is 13.4. The van der Waals surface area contributed by atoms with Crippen molar-refractivity contribution in [3.05, 3.63) is 93.9 Å². The number of benzene rings is 2. The molecule has 1 aromatic heterocycles. The highest BCUT2D eigenvalue weighted by Crippen LogP contribution is 2.12. The van der Waals surface area contributed by atoms with E-state index in [4.69, 9.17) is 0 Å². The van der Waals surface area contributed by atoms with Crippen molar-refractivity contribution in [2.24, 2.45) is 0 Å². The largest absolute Gasteiger partial charge is 0.348 e. The Morgan fingerprint density at radius 1 is 0.964 bits per heavy atom. The van der Waals surface area contributed by atoms with Gasteiger partial charge in [-0.1, -0.05) is 29.8 Å². The number of hydrogen-bond acceptors (Lipinski definition) is 3. The molecule has 3 aromatic rings. The molecule has 0 aliphatic heterocycles. The second kappa shape index (κ2) is 8.35. The van der Waals surface area contributed by atoms with Crippen molar-refractivity contribution in [1.29, 1.82) is 0 Å². The number of pyridine rings is 1. The molecular formula is C22H21N3O3. The zero-order chi connectivity index (χ0) is 20.1. The number of nitrogens with one attached hydrogen (secondary N) is 2. The maximum atomic E-state index is 12.8. The van der Waals surface area contributed by atoms with Gasteiger partial charge in [0.15, 0.2) is 0 Å². The summed E-state index contributed by atoms with van der Waals surface area (Å²) >= 11 is 0. The summed E-state index contributed by atoms with van der Waals surface area (Å²) in [5, 5.41) is 5.46. The summed E-state index contributed by atoms with van der Waals surface area (Å²) < 4.78 is 1.40. The molecule has 28 heavy (non-hydrogen) atoms. The number of aryl methyl sites for hydroxylation is 1. The van der Waals surface area contributed by atoms with E-state index in [1.807, 2.05) is 31.2 Å². The van der Waals surface area contributed by atoms with E-state index in [-0.39, 0.29) is 11.5 Å². The lowest BCUT2D eigenvalue weighted by Gasteiger charge is -2.10. The number of anilines is 1. The summed E-state index contributed by atoms with van der Waals surface area (Å²) in [6.45, 7) is 3.77. The van der Waals surface area contributed by atoms with Gasteiger partial charge < -0.3 is 10.6 Å². The van der Waals surface area contributed by atoms with Crippen LogP contribution in [-0.4, -0.2) is 16.4 Å². The highest BCUT2D eigenvalue weighted by atomic mass is 16.2. The molecule has 0 fully saturated rings. The minimum absolute atomic E-state index is 0.0700. The number of aromatic nitrogens is 1. The summed E-state index contributed by atoms with van der Waals surface area (Å²) in [5.74, 6) is -0.591. The Morgan fingerprint density at radius 2 is 1.64 bits per heavy atom. The Kier molecular flexibility index (Phi) is 5.69. The highest BCUT2D eigenvalue weighted by Gasteiger charge is 2.13. The molecule has 2 amide bonds. The fraction of sp³-hybridized carbons (Fsp3) is 0.136. The first-order valence-electron chi connectivity index (χ1n) is 8.87. The average molecular weight is 375 g/mol. The van der Waals surface area contributed by atoms with Gasteiger partial charge >= 0.3 is 0 Å². The molecule has 0 aliphatic rings. The van der Waals surface area contributed by atoms with Crippen LogP contribution in [0.25, 0.3) is 5.69 Å². The lowest BCUT2D eigenvalue weighted by Crippen LogP contribution is -2.31. The Morgan fingerprint density at radius 3 is 2.29 bits per heavy atom. The van der Waals surface area contributed by atoms with E-state index in [1.54, 1.807) is 36.5 Å². The predicted molar refractivity (Wildman–Crippen MR) is 109 cm³/mol. The first kappa shape index (κ1) is 19.1. The minimum atomic E-state index is -0.421. The third-order valence-corrected chi connectivity index (χ3v) is 4.23. The van der Waals surface area contributed by atoms with E-state index in [0.29, 0.717) is 17.9 Å². The van der Waals surface area contributed by atoms with Crippen LogP contribution in [0.15, 0.2) is 71.7 Å². The molecule has 3 rings (SSSR count). The maximum Gasteiger partial charge on any atom is 0.267 e. The summed E-state index contributed by atoms with van der Waals surface area (Å²) in [6.07, 6.45) is 1.60. The molecule has 6 heteroatoms. The van der Waals surface area contributed by atoms with Gasteiger partial charge in [-0.25, -0.2) is 0 Å². The fourth-order valence-corrected chi connectivity index (χ4v) is 2.76. The van der Waals surface area contributed by atoms with Crippen LogP contribution in [0.1, 0.15) is 28.4 Å². The number of carbonyl (C=O) groups is 2. The standard InChI is InChI=1S/C22H21N3O3/c1-15-5-7-17(8-6-15)14-23-21(27)20-4-3-13-25(22(20)28)19-11-9-18(10-12-19)24-16(2)26/h3-13H,14H2,1-2H3,(H,23,27)(H,24,26). The Balaban J connectivity index is 1.78. The molecular weight excluding hydrogens is 354 g/mol. The number of hydrogen-bond donors (Lipinski definition) is 2. The van der Waals surface area contributed by atoms with Gasteiger partial charge in [0.05, 0.1) is 0 Å². The monoisotopic (exact) mass is 375 g/mol. The molecule has 0 saturated carbocycles. The molecule has 6 nitrogen and oxygen atoms in total. The molecule has 0 bridgehead atoms. The van der Waals surface area contributed by atoms with Crippen molar-refractivity contribution in [1.82, 2.24) is 9.88 Å². The third kappa shape index (κ3) is 4.54. The topological polar surface area (TPSA) is 80.2 Å². The van der Waals surface area contributed by atoms with E-state index < -0.39 is 11.5 Å². The van der Waals surface area contributed by atoms with Gasteiger partial charge in [-0.05, 0) is 48.9 Å². The van der Waals surface area contributed by atoms with Crippen LogP contribution in [0.5, 0.6) is 0 Å². The lowest BCUT2D eigenvalue weighted by molar-refractivity contribution is -0.114. The predicted octanol–water partition coefficient (Wildman–Crippen LogP) is 3.03. The molecule has 0 radical (unpaired) electrons. The second-order valence-corrected chi connectivity index (χ2v) is 6.49. The number of amides is 2. The summed E-state index contributed by atoms with van der Waals surface area (Å²) in [7, 11) is 0. The van der Waals surface area contributed by atoms with Gasteiger partial charge in [0.2, 0.25) is 5.91 Å². The summed E-state index contributed by atoms with van der Waals surface area (Å²) in [6, 6.07) is 17.8. The molecule has 0 unspecified atom stereocenters. The zero-order valence-corrected chi connectivity index (χ0v) is 15.7. The van der Waals surface area contributed by atoms with Crippen molar-refractivity contribution < 1.29 is 9.59 Å². The molecule has 0 aliphatic carbocycles. The van der Waals surface area contributed by atoms with Gasteiger partial charge in [0.1, 0.15) is 5.56 Å². The first-order valence-corrected chi connectivity index (χ1v) is 8.87. The van der Waals surface area contributed by atoms with Gasteiger partial charge in [-0.15, -0.1) is 0 Å². The van der Waals surface area contributed by atoms with E-state index in [2.05, 4.69) is 10.6 Å². The average Bonchev–Trinajstić information content (AvgIpc) is 2.68. The van der Waals surface area contributed by atoms with E-state index in [9.17, 15) is 14.4 Å². The van der Waals surface area contributed by atoms with Crippen LogP contribution in [0.4, 0.5) is 5.69 Å². The third-order valence-electron chi connectivity index (χ3n) is 4.23. The molecule has 0 saturated heterocycles. The van der Waals surface area contributed by atoms with E-state index in [0.717, 1.165) is 11.1 Å². The van der Waals surface area contributed by atoms with Gasteiger partial charge in [-0.2, -0.15) is 0 Å². The Hall–Kier alpha value is -3.67. The normalized spacial score (nSPS) is 10.4. The number of carbonyl (C=O) groups excluding carboxylic acids is 2. The van der Waals surface area contributed by atoms with Gasteiger partial charge in [-0.3, -0.25) is 19.0 Å². The summed E-state index contributed by atoms with van der Waals surface area (Å²) in [4.78, 5) is 36.4. The van der Waals surface area contributed by atoms with Crippen molar-refractivity contribution in [2.75, 3.05) is 5.32 Å². The fourth-order valence-electron chi connectivity index (χ4n) is 2.76. The van der Waals surface area contributed by atoms with E-state index in [1.165, 1.54) is 17.6 Å². The van der Waals surface area contributed by atoms with Crippen LogP contribution in [0.3, 0.4) is 0 Å². The van der Waals surface area contributed by atoms with Crippen molar-refractivity contribution >= 4 is 17.5 Å². The summed E-state index contributed by atoms with van der Waals surface area (Å²) in [5.41, 5.74) is 3.01. The molecule has 142 valence electrons. The zero-order valence-electron chi connectivity index (χ0n) is 15.7. The van der Waals surface area contributed by atoms with Crippen LogP contribution in [0.2, 0.25) is 0 Å². The van der Waals surface area contributed by atoms with Gasteiger partial charge in [0, 0.05) is 31.0 Å². The maximum absolute atomic E-state index is 12.8. The Labute approximate surface area is 162 Å². The second-order valence-electron chi connectivity index (χ2n) is 6.49. The van der Waals surface area contributed by atoms with Crippen molar-refractivity contribution in [2.45, 2.75) is 20.4 Å². The molecule has 0 spiro atoms. The van der Waals surface area contributed by atoms with Gasteiger partial charge in [0.25, 0.3) is 11.5 Å². The van der Waals surface area contributed by atoms with Crippen LogP contribution < -0.4 is 16.2 Å².